The van der Waals surface area contributed by atoms with Gasteiger partial charge in [0.05, 0.1) is 30.2 Å². The summed E-state index contributed by atoms with van der Waals surface area (Å²) in [5.74, 6) is 0.119. The Kier molecular flexibility index (Phi) is 6.22. The zero-order valence-electron chi connectivity index (χ0n) is 17.6. The van der Waals surface area contributed by atoms with Gasteiger partial charge in [-0.3, -0.25) is 9.69 Å². The lowest BCUT2D eigenvalue weighted by Gasteiger charge is -2.37. The maximum Gasteiger partial charge on any atom is 0.414 e. The van der Waals surface area contributed by atoms with Crippen molar-refractivity contribution in [3.05, 3.63) is 41.3 Å². The number of nitrogen functional groups attached to an aromatic ring is 1. The number of amides is 2. The van der Waals surface area contributed by atoms with Gasteiger partial charge in [-0.05, 0) is 30.3 Å². The molecular formula is C21H24ClFN6O3. The van der Waals surface area contributed by atoms with Gasteiger partial charge in [-0.25, -0.2) is 14.2 Å². The van der Waals surface area contributed by atoms with E-state index in [0.29, 0.717) is 43.2 Å². The smallest absolute Gasteiger partial charge is 0.414 e. The van der Waals surface area contributed by atoms with Crippen LogP contribution in [0.1, 0.15) is 6.92 Å². The Hall–Kier alpha value is -3.27. The van der Waals surface area contributed by atoms with E-state index in [9.17, 15) is 14.0 Å². The maximum absolute atomic E-state index is 14.9. The molecule has 1 atom stereocenters. The number of halogens is 2. The highest BCUT2D eigenvalue weighted by Crippen LogP contribution is 2.29. The summed E-state index contributed by atoms with van der Waals surface area (Å²) in [6, 6.07) is 8.26. The molecule has 0 spiro atoms. The normalized spacial score (nSPS) is 18.7. The molecule has 3 N–H and O–H groups in total. The van der Waals surface area contributed by atoms with Gasteiger partial charge in [0.2, 0.25) is 5.91 Å². The first-order valence-corrected chi connectivity index (χ1v) is 10.6. The summed E-state index contributed by atoms with van der Waals surface area (Å²) in [5, 5.41) is 2.89. The number of ether oxygens (including phenoxy) is 1. The third kappa shape index (κ3) is 4.64. The van der Waals surface area contributed by atoms with Gasteiger partial charge in [-0.1, -0.05) is 11.6 Å². The summed E-state index contributed by atoms with van der Waals surface area (Å²) in [6.07, 6.45) is -1.03. The van der Waals surface area contributed by atoms with E-state index < -0.39 is 18.0 Å². The number of cyclic esters (lactones) is 1. The molecule has 0 radical (unpaired) electrons. The van der Waals surface area contributed by atoms with E-state index in [1.807, 2.05) is 11.0 Å². The molecule has 3 heterocycles. The Balaban J connectivity index is 1.39. The molecule has 2 saturated heterocycles. The van der Waals surface area contributed by atoms with E-state index >= 15 is 0 Å². The molecule has 1 aromatic carbocycles. The van der Waals surface area contributed by atoms with Crippen molar-refractivity contribution in [3.63, 3.8) is 0 Å². The minimum atomic E-state index is -0.559. The van der Waals surface area contributed by atoms with Gasteiger partial charge in [0.1, 0.15) is 17.7 Å². The first kappa shape index (κ1) is 21.9. The van der Waals surface area contributed by atoms with Crippen molar-refractivity contribution in [2.45, 2.75) is 13.0 Å². The molecule has 2 fully saturated rings. The first-order chi connectivity index (χ1) is 15.3. The number of hydrogen-bond donors (Lipinski definition) is 2. The van der Waals surface area contributed by atoms with Crippen molar-refractivity contribution >= 4 is 46.5 Å². The number of nitrogens with one attached hydrogen (secondary N) is 1. The fourth-order valence-electron chi connectivity index (χ4n) is 3.80. The van der Waals surface area contributed by atoms with Crippen LogP contribution < -0.4 is 25.8 Å². The summed E-state index contributed by atoms with van der Waals surface area (Å²) in [5.41, 5.74) is 7.04. The van der Waals surface area contributed by atoms with Gasteiger partial charge in [0.25, 0.3) is 0 Å². The zero-order valence-corrected chi connectivity index (χ0v) is 18.3. The number of carbonyl (C=O) groups is 2. The number of hydrogen-bond acceptors (Lipinski definition) is 7. The standard InChI is InChI=1S/C21H24ClFN6O3/c1-13(30)25-11-15-12-29(21(31)32-15)14-2-4-18(16(23)10-14)27-6-8-28(9-7-27)19-5-3-17(24)20(22)26-19/h2-5,10,15H,6-9,11-12,24H2,1H3,(H,25,30)/t15-/m0/s1. The number of carbonyl (C=O) groups excluding carboxylic acids is 2. The van der Waals surface area contributed by atoms with Crippen molar-refractivity contribution < 1.29 is 18.7 Å². The van der Waals surface area contributed by atoms with Crippen LogP contribution in [0.4, 0.5) is 32.1 Å². The predicted molar refractivity (Wildman–Crippen MR) is 121 cm³/mol. The second-order valence-corrected chi connectivity index (χ2v) is 8.07. The molecule has 2 aromatic rings. The number of pyridine rings is 1. The molecular weight excluding hydrogens is 439 g/mol. The van der Waals surface area contributed by atoms with Crippen molar-refractivity contribution in [1.29, 1.82) is 0 Å². The average Bonchev–Trinajstić information content (AvgIpc) is 3.15. The Morgan fingerprint density at radius 2 is 1.97 bits per heavy atom. The summed E-state index contributed by atoms with van der Waals surface area (Å²) in [6.45, 7) is 4.36. The zero-order chi connectivity index (χ0) is 22.8. The second kappa shape index (κ2) is 9.07. The number of nitrogens with two attached hydrogens (primary N) is 1. The molecule has 1 aromatic heterocycles. The van der Waals surface area contributed by atoms with Gasteiger partial charge < -0.3 is 25.6 Å². The number of anilines is 4. The van der Waals surface area contributed by atoms with Gasteiger partial charge in [0.15, 0.2) is 5.15 Å². The maximum atomic E-state index is 14.9. The van der Waals surface area contributed by atoms with Crippen LogP contribution >= 0.6 is 11.6 Å². The molecule has 11 heteroatoms. The molecule has 0 aliphatic carbocycles. The molecule has 9 nitrogen and oxygen atoms in total. The summed E-state index contributed by atoms with van der Waals surface area (Å²) in [7, 11) is 0. The van der Waals surface area contributed by atoms with E-state index in [4.69, 9.17) is 22.1 Å². The SMILES string of the molecule is CC(=O)NC[C@H]1CN(c2ccc(N3CCN(c4ccc(N)c(Cl)n4)CC3)c(F)c2)C(=O)O1. The quantitative estimate of drug-likeness (QED) is 0.657. The molecule has 4 rings (SSSR count). The lowest BCUT2D eigenvalue weighted by molar-refractivity contribution is -0.119. The lowest BCUT2D eigenvalue weighted by atomic mass is 10.2. The topological polar surface area (TPSA) is 104 Å². The predicted octanol–water partition coefficient (Wildman–Crippen LogP) is 2.24. The molecule has 2 aliphatic heterocycles. The summed E-state index contributed by atoms with van der Waals surface area (Å²) >= 11 is 6.02. The fraction of sp³-hybridized carbons (Fsp3) is 0.381. The molecule has 2 aliphatic rings. The largest absolute Gasteiger partial charge is 0.442 e. The molecule has 2 amide bonds. The van der Waals surface area contributed by atoms with Gasteiger partial charge in [-0.2, -0.15) is 0 Å². The Morgan fingerprint density at radius 1 is 1.25 bits per heavy atom. The molecule has 0 bridgehead atoms. The molecule has 170 valence electrons. The number of nitrogens with zero attached hydrogens (tertiary/aromatic N) is 4. The minimum absolute atomic E-state index is 0.203. The minimum Gasteiger partial charge on any atom is -0.442 e. The van der Waals surface area contributed by atoms with E-state index in [1.165, 1.54) is 17.9 Å². The highest BCUT2D eigenvalue weighted by atomic mass is 35.5. The van der Waals surface area contributed by atoms with Crippen molar-refractivity contribution in [3.8, 4) is 0 Å². The third-order valence-corrected chi connectivity index (χ3v) is 5.81. The number of rotatable bonds is 5. The van der Waals surface area contributed by atoms with Crippen LogP contribution in [0.25, 0.3) is 0 Å². The lowest BCUT2D eigenvalue weighted by Crippen LogP contribution is -2.47. The van der Waals surface area contributed by atoms with E-state index in [2.05, 4.69) is 15.2 Å². The van der Waals surface area contributed by atoms with Gasteiger partial charge in [0, 0.05) is 33.1 Å². The van der Waals surface area contributed by atoms with E-state index in [-0.39, 0.29) is 24.1 Å². The number of benzene rings is 1. The number of aromatic nitrogens is 1. The first-order valence-electron chi connectivity index (χ1n) is 10.3. The van der Waals surface area contributed by atoms with Crippen LogP contribution in [0.3, 0.4) is 0 Å². The van der Waals surface area contributed by atoms with Crippen molar-refractivity contribution in [1.82, 2.24) is 10.3 Å². The van der Waals surface area contributed by atoms with Crippen LogP contribution in [-0.4, -0.2) is 62.4 Å². The molecule has 32 heavy (non-hydrogen) atoms. The van der Waals surface area contributed by atoms with Crippen LogP contribution in [-0.2, 0) is 9.53 Å². The van der Waals surface area contributed by atoms with Crippen molar-refractivity contribution in [2.24, 2.45) is 0 Å². The Morgan fingerprint density at radius 3 is 2.62 bits per heavy atom. The van der Waals surface area contributed by atoms with Gasteiger partial charge >= 0.3 is 6.09 Å². The van der Waals surface area contributed by atoms with Gasteiger partial charge in [-0.15, -0.1) is 0 Å². The Bertz CT molecular complexity index is 1030. The third-order valence-electron chi connectivity index (χ3n) is 5.50. The van der Waals surface area contributed by atoms with Crippen LogP contribution in [0.15, 0.2) is 30.3 Å². The highest BCUT2D eigenvalue weighted by molar-refractivity contribution is 6.31. The van der Waals surface area contributed by atoms with Crippen LogP contribution in [0.2, 0.25) is 5.15 Å². The second-order valence-electron chi connectivity index (χ2n) is 7.71. The highest BCUT2D eigenvalue weighted by Gasteiger charge is 2.33. The summed E-state index contributed by atoms with van der Waals surface area (Å²) in [4.78, 5) is 32.9. The monoisotopic (exact) mass is 462 g/mol. The molecule has 0 saturated carbocycles. The van der Waals surface area contributed by atoms with E-state index in [1.54, 1.807) is 18.2 Å². The Labute approximate surface area is 189 Å². The molecule has 0 unspecified atom stereocenters. The van der Waals surface area contributed by atoms with Crippen molar-refractivity contribution in [2.75, 3.05) is 59.7 Å². The fourth-order valence-corrected chi connectivity index (χ4v) is 3.95. The average molecular weight is 463 g/mol. The van der Waals surface area contributed by atoms with Crippen LogP contribution in [0, 0.1) is 5.82 Å². The number of piperazine rings is 1. The summed E-state index contributed by atoms with van der Waals surface area (Å²) < 4.78 is 20.2. The van der Waals surface area contributed by atoms with Crippen LogP contribution in [0.5, 0.6) is 0 Å². The van der Waals surface area contributed by atoms with E-state index in [0.717, 1.165) is 5.82 Å².